The van der Waals surface area contributed by atoms with Gasteiger partial charge in [0.25, 0.3) is 5.56 Å². The van der Waals surface area contributed by atoms with Crippen molar-refractivity contribution in [2.45, 2.75) is 49.4 Å². The van der Waals surface area contributed by atoms with Gasteiger partial charge in [-0.3, -0.25) is 9.78 Å². The zero-order chi connectivity index (χ0) is 20.9. The van der Waals surface area contributed by atoms with E-state index < -0.39 is 55.0 Å². The number of ether oxygens (including phenoxy) is 1. The van der Waals surface area contributed by atoms with Crippen LogP contribution in [0.25, 0.3) is 11.0 Å². The summed E-state index contributed by atoms with van der Waals surface area (Å²) in [5.41, 5.74) is 5.57. The third-order valence-electron chi connectivity index (χ3n) is 5.29. The molecule has 7 atom stereocenters. The summed E-state index contributed by atoms with van der Waals surface area (Å²) in [6.45, 7) is -0.483. The molecular formula is C17H22FN5O6. The van der Waals surface area contributed by atoms with E-state index in [4.69, 9.17) is 10.5 Å². The Morgan fingerprint density at radius 1 is 1.31 bits per heavy atom. The second-order valence-corrected chi connectivity index (χ2v) is 7.17. The molecule has 0 radical (unpaired) electrons. The highest BCUT2D eigenvalue weighted by Crippen LogP contribution is 2.34. The summed E-state index contributed by atoms with van der Waals surface area (Å²) in [6.07, 6.45) is -3.35. The molecule has 2 aromatic rings. The van der Waals surface area contributed by atoms with Gasteiger partial charge < -0.3 is 40.8 Å². The van der Waals surface area contributed by atoms with Crippen LogP contribution in [0.15, 0.2) is 23.1 Å². The topological polar surface area (TPSA) is 179 Å². The van der Waals surface area contributed by atoms with Crippen molar-refractivity contribution in [2.75, 3.05) is 12.3 Å². The number of hydrogen-bond donors (Lipinski definition) is 7. The van der Waals surface area contributed by atoms with Crippen molar-refractivity contribution in [3.05, 3.63) is 34.3 Å². The minimum Gasteiger partial charge on any atom is -0.394 e. The van der Waals surface area contributed by atoms with Gasteiger partial charge in [0.1, 0.15) is 18.3 Å². The first kappa shape index (κ1) is 19.9. The molecule has 4 unspecified atom stereocenters. The number of aliphatic hydroxyl groups excluding tert-OH is 4. The summed E-state index contributed by atoms with van der Waals surface area (Å²) >= 11 is 0. The fraction of sp³-hybridized carbons (Fsp3) is 0.529. The molecule has 0 amide bonds. The lowest BCUT2D eigenvalue weighted by Gasteiger charge is -2.18. The van der Waals surface area contributed by atoms with Gasteiger partial charge in [0, 0.05) is 12.7 Å². The number of aromatic nitrogens is 3. The zero-order valence-corrected chi connectivity index (χ0v) is 15.1. The summed E-state index contributed by atoms with van der Waals surface area (Å²) in [5.74, 6) is -0.175. The van der Waals surface area contributed by atoms with Crippen LogP contribution in [-0.2, 0) is 11.3 Å². The molecule has 158 valence electrons. The molecule has 0 saturated carbocycles. The number of alkyl halides is 1. The number of aromatic amines is 1. The number of aliphatic hydroxyl groups is 4. The van der Waals surface area contributed by atoms with Crippen LogP contribution < -0.4 is 16.6 Å². The maximum Gasteiger partial charge on any atom is 0.262 e. The molecule has 12 heteroatoms. The van der Waals surface area contributed by atoms with E-state index in [9.17, 15) is 29.6 Å². The largest absolute Gasteiger partial charge is 0.394 e. The van der Waals surface area contributed by atoms with Gasteiger partial charge in [0.15, 0.2) is 18.0 Å². The van der Waals surface area contributed by atoms with Crippen LogP contribution in [0, 0.1) is 0 Å². The first-order valence-corrected chi connectivity index (χ1v) is 9.07. The van der Waals surface area contributed by atoms with E-state index in [0.29, 0.717) is 5.56 Å². The fourth-order valence-corrected chi connectivity index (χ4v) is 3.74. The number of nitrogen functional groups attached to an aromatic ring is 1. The molecule has 0 aromatic carbocycles. The summed E-state index contributed by atoms with van der Waals surface area (Å²) in [7, 11) is 0. The SMILES string of the molecule is Nc1nc2c(c(CNC3C=CC(O)C3O)cn2[C@@H]2O[C@H](CO)C(O)[C@@H]2F)c(=O)[nH]1. The molecule has 1 aliphatic carbocycles. The minimum absolute atomic E-state index is 0.0593. The van der Waals surface area contributed by atoms with E-state index >= 15 is 0 Å². The normalized spacial score (nSPS) is 34.4. The van der Waals surface area contributed by atoms with Gasteiger partial charge in [-0.15, -0.1) is 0 Å². The van der Waals surface area contributed by atoms with Crippen molar-refractivity contribution in [1.29, 1.82) is 0 Å². The molecule has 2 aliphatic rings. The lowest BCUT2D eigenvalue weighted by atomic mass is 10.1. The van der Waals surface area contributed by atoms with Gasteiger partial charge in [-0.1, -0.05) is 12.2 Å². The zero-order valence-electron chi connectivity index (χ0n) is 15.1. The quantitative estimate of drug-likeness (QED) is 0.265. The van der Waals surface area contributed by atoms with Crippen molar-refractivity contribution in [3.8, 4) is 0 Å². The van der Waals surface area contributed by atoms with Crippen LogP contribution >= 0.6 is 0 Å². The number of hydrogen-bond acceptors (Lipinski definition) is 9. The lowest BCUT2D eigenvalue weighted by molar-refractivity contribution is -0.0457. The Morgan fingerprint density at radius 2 is 2.07 bits per heavy atom. The minimum atomic E-state index is -1.86. The highest BCUT2D eigenvalue weighted by molar-refractivity contribution is 5.80. The Hall–Kier alpha value is -2.35. The average Bonchev–Trinajstić information content (AvgIpc) is 3.29. The van der Waals surface area contributed by atoms with Crippen LogP contribution in [-0.4, -0.2) is 78.2 Å². The molecule has 11 nitrogen and oxygen atoms in total. The smallest absolute Gasteiger partial charge is 0.262 e. The molecule has 1 fully saturated rings. The van der Waals surface area contributed by atoms with E-state index in [0.717, 1.165) is 0 Å². The van der Waals surface area contributed by atoms with E-state index in [-0.39, 0.29) is 23.5 Å². The van der Waals surface area contributed by atoms with Crippen LogP contribution in [0.5, 0.6) is 0 Å². The molecule has 0 spiro atoms. The maximum atomic E-state index is 14.6. The van der Waals surface area contributed by atoms with E-state index in [1.807, 2.05) is 0 Å². The number of nitrogens with zero attached hydrogens (tertiary/aromatic N) is 2. The van der Waals surface area contributed by atoms with Crippen LogP contribution in [0.2, 0.25) is 0 Å². The van der Waals surface area contributed by atoms with Gasteiger partial charge in [-0.25, -0.2) is 4.39 Å². The first-order valence-electron chi connectivity index (χ1n) is 9.07. The summed E-state index contributed by atoms with van der Waals surface area (Å²) in [6, 6.07) is -0.540. The molecule has 0 bridgehead atoms. The van der Waals surface area contributed by atoms with Crippen molar-refractivity contribution in [3.63, 3.8) is 0 Å². The Balaban J connectivity index is 1.71. The van der Waals surface area contributed by atoms with Gasteiger partial charge in [-0.2, -0.15) is 4.98 Å². The lowest BCUT2D eigenvalue weighted by Crippen LogP contribution is -2.40. The molecule has 2 aromatic heterocycles. The van der Waals surface area contributed by atoms with Crippen molar-refractivity contribution >= 4 is 17.0 Å². The molecule has 1 aliphatic heterocycles. The monoisotopic (exact) mass is 411 g/mol. The fourth-order valence-electron chi connectivity index (χ4n) is 3.74. The Bertz CT molecular complexity index is 993. The van der Waals surface area contributed by atoms with Gasteiger partial charge in [0.05, 0.1) is 24.1 Å². The molecule has 1 saturated heterocycles. The third kappa shape index (κ3) is 3.33. The van der Waals surface area contributed by atoms with E-state index in [1.54, 1.807) is 6.08 Å². The molecular weight excluding hydrogens is 389 g/mol. The van der Waals surface area contributed by atoms with Crippen molar-refractivity contribution in [1.82, 2.24) is 19.9 Å². The number of halogens is 1. The Kier molecular flexibility index (Phi) is 5.14. The molecule has 4 rings (SSSR count). The number of fused-ring (bicyclic) bond motifs is 1. The summed E-state index contributed by atoms with van der Waals surface area (Å²) in [5, 5.41) is 41.9. The molecule has 3 heterocycles. The van der Waals surface area contributed by atoms with Crippen LogP contribution in [0.4, 0.5) is 10.3 Å². The van der Waals surface area contributed by atoms with Crippen molar-refractivity contribution in [2.24, 2.45) is 0 Å². The highest BCUT2D eigenvalue weighted by atomic mass is 19.1. The highest BCUT2D eigenvalue weighted by Gasteiger charge is 2.45. The number of nitrogens with one attached hydrogen (secondary N) is 2. The third-order valence-corrected chi connectivity index (χ3v) is 5.29. The van der Waals surface area contributed by atoms with E-state index in [2.05, 4.69) is 15.3 Å². The average molecular weight is 411 g/mol. The number of rotatable bonds is 5. The second-order valence-electron chi connectivity index (χ2n) is 7.17. The first-order chi connectivity index (χ1) is 13.8. The standard InChI is InChI=1S/C17H22FN5O6/c18-11-13(27)9(5-24)29-16(11)23-4-6(3-20-7-1-2-8(25)12(7)26)10-14(23)21-17(19)22-15(10)28/h1-2,4,7-9,11-13,16,20,24-27H,3,5H2,(H3,19,21,22,28)/t7?,8?,9-,11+,12?,13?,16-/m1/s1. The predicted molar refractivity (Wildman–Crippen MR) is 98.4 cm³/mol. The van der Waals surface area contributed by atoms with Gasteiger partial charge >= 0.3 is 0 Å². The number of H-pyrrole nitrogens is 1. The predicted octanol–water partition coefficient (Wildman–Crippen LogP) is -2.35. The molecule has 8 N–H and O–H groups in total. The van der Waals surface area contributed by atoms with Crippen LogP contribution in [0.3, 0.4) is 0 Å². The Labute approximate surface area is 163 Å². The number of nitrogens with two attached hydrogens (primary N) is 1. The van der Waals surface area contributed by atoms with Gasteiger partial charge in [-0.05, 0) is 5.56 Å². The van der Waals surface area contributed by atoms with Crippen molar-refractivity contribution < 1.29 is 29.6 Å². The Morgan fingerprint density at radius 3 is 2.69 bits per heavy atom. The second kappa shape index (κ2) is 7.48. The molecule has 29 heavy (non-hydrogen) atoms. The summed E-state index contributed by atoms with van der Waals surface area (Å²) in [4.78, 5) is 18.9. The van der Waals surface area contributed by atoms with Gasteiger partial charge in [0.2, 0.25) is 5.95 Å². The van der Waals surface area contributed by atoms with E-state index in [1.165, 1.54) is 16.8 Å². The summed E-state index contributed by atoms with van der Waals surface area (Å²) < 4.78 is 21.3. The maximum absolute atomic E-state index is 14.6. The van der Waals surface area contributed by atoms with Crippen LogP contribution in [0.1, 0.15) is 11.8 Å². The number of anilines is 1.